The van der Waals surface area contributed by atoms with Gasteiger partial charge in [0, 0.05) is 18.9 Å². The maximum atomic E-state index is 12.3. The van der Waals surface area contributed by atoms with Gasteiger partial charge in [0.1, 0.15) is 6.10 Å². The molecule has 0 radical (unpaired) electrons. The van der Waals surface area contributed by atoms with Crippen molar-refractivity contribution in [1.29, 1.82) is 0 Å². The predicted molar refractivity (Wildman–Crippen MR) is 76.8 cm³/mol. The van der Waals surface area contributed by atoms with Gasteiger partial charge in [0.25, 0.3) is 0 Å². The molecule has 7 nitrogen and oxygen atoms in total. The molecule has 3 rings (SSSR count). The van der Waals surface area contributed by atoms with E-state index in [9.17, 15) is 4.79 Å². The smallest absolute Gasteiger partial charge is 0.322 e. The predicted octanol–water partition coefficient (Wildman–Crippen LogP) is 1.72. The normalized spacial score (nSPS) is 18.5. The average Bonchev–Trinajstić information content (AvgIpc) is 3.04. The van der Waals surface area contributed by atoms with Gasteiger partial charge in [-0.25, -0.2) is 4.79 Å². The van der Waals surface area contributed by atoms with Crippen LogP contribution in [0.2, 0.25) is 0 Å². The molecule has 2 aromatic heterocycles. The number of aromatic amines is 1. The number of rotatable bonds is 2. The average molecular weight is 287 g/mol. The number of carbonyl (C=O) groups excluding carboxylic acids is 1. The second kappa shape index (κ2) is 5.92. The van der Waals surface area contributed by atoms with Crippen LogP contribution in [0, 0.1) is 6.92 Å². The van der Waals surface area contributed by atoms with E-state index in [-0.39, 0.29) is 12.1 Å². The number of nitrogens with zero attached hydrogens (tertiary/aromatic N) is 3. The second-order valence-corrected chi connectivity index (χ2v) is 4.88. The van der Waals surface area contributed by atoms with Crippen molar-refractivity contribution in [1.82, 2.24) is 20.1 Å². The Kier molecular flexibility index (Phi) is 3.83. The Morgan fingerprint density at radius 2 is 2.38 bits per heavy atom. The van der Waals surface area contributed by atoms with Crippen molar-refractivity contribution in [2.45, 2.75) is 13.0 Å². The Hall–Kier alpha value is -2.41. The fraction of sp³-hybridized carbons (Fsp3) is 0.357. The second-order valence-electron chi connectivity index (χ2n) is 4.88. The lowest BCUT2D eigenvalue weighted by Gasteiger charge is -2.32. The van der Waals surface area contributed by atoms with Crippen molar-refractivity contribution >= 4 is 11.7 Å². The number of aryl methyl sites for hydroxylation is 1. The summed E-state index contributed by atoms with van der Waals surface area (Å²) in [6.07, 6.45) is 3.21. The standard InChI is InChI=1S/C14H17N5O2/c1-10-11(3-2-5-15-10)17-14(20)19-7-8-21-13(9-19)12-4-6-16-18-12/h2-6,13H,7-9H2,1H3,(H,16,18)(H,17,20). The van der Waals surface area contributed by atoms with Crippen LogP contribution in [0.15, 0.2) is 30.6 Å². The summed E-state index contributed by atoms with van der Waals surface area (Å²) in [6.45, 7) is 3.43. The van der Waals surface area contributed by atoms with Crippen molar-refractivity contribution < 1.29 is 9.53 Å². The maximum Gasteiger partial charge on any atom is 0.322 e. The molecule has 0 bridgehead atoms. The van der Waals surface area contributed by atoms with Gasteiger partial charge < -0.3 is 15.0 Å². The van der Waals surface area contributed by atoms with E-state index in [0.717, 1.165) is 17.1 Å². The lowest BCUT2D eigenvalue weighted by Crippen LogP contribution is -2.44. The van der Waals surface area contributed by atoms with E-state index in [0.29, 0.717) is 19.7 Å². The molecule has 1 unspecified atom stereocenters. The van der Waals surface area contributed by atoms with Crippen LogP contribution < -0.4 is 5.32 Å². The summed E-state index contributed by atoms with van der Waals surface area (Å²) in [5.41, 5.74) is 2.40. The molecule has 110 valence electrons. The molecule has 0 saturated carbocycles. The molecule has 2 amide bonds. The molecular formula is C14H17N5O2. The first-order valence-electron chi connectivity index (χ1n) is 6.82. The van der Waals surface area contributed by atoms with Gasteiger partial charge in [-0.3, -0.25) is 10.1 Å². The molecule has 0 spiro atoms. The van der Waals surface area contributed by atoms with E-state index in [2.05, 4.69) is 20.5 Å². The molecule has 21 heavy (non-hydrogen) atoms. The summed E-state index contributed by atoms with van der Waals surface area (Å²) in [6, 6.07) is 5.36. The highest BCUT2D eigenvalue weighted by Crippen LogP contribution is 2.21. The largest absolute Gasteiger partial charge is 0.368 e. The molecule has 1 aliphatic heterocycles. The van der Waals surface area contributed by atoms with Crippen LogP contribution in [0.25, 0.3) is 0 Å². The van der Waals surface area contributed by atoms with Crippen LogP contribution in [-0.2, 0) is 4.74 Å². The third kappa shape index (κ3) is 3.03. The summed E-state index contributed by atoms with van der Waals surface area (Å²) < 4.78 is 5.67. The molecule has 0 aromatic carbocycles. The highest BCUT2D eigenvalue weighted by Gasteiger charge is 2.26. The third-order valence-electron chi connectivity index (χ3n) is 3.47. The number of anilines is 1. The van der Waals surface area contributed by atoms with E-state index in [4.69, 9.17) is 4.74 Å². The van der Waals surface area contributed by atoms with Crippen molar-refractivity contribution in [2.24, 2.45) is 0 Å². The molecule has 2 N–H and O–H groups in total. The molecule has 7 heteroatoms. The van der Waals surface area contributed by atoms with Gasteiger partial charge in [-0.15, -0.1) is 0 Å². The fourth-order valence-corrected chi connectivity index (χ4v) is 2.28. The first-order valence-corrected chi connectivity index (χ1v) is 6.82. The van der Waals surface area contributed by atoms with Gasteiger partial charge in [0.2, 0.25) is 0 Å². The molecule has 3 heterocycles. The number of aromatic nitrogens is 3. The van der Waals surface area contributed by atoms with E-state index in [1.165, 1.54) is 0 Å². The van der Waals surface area contributed by atoms with Crippen LogP contribution in [0.5, 0.6) is 0 Å². The molecule has 1 saturated heterocycles. The number of nitrogens with one attached hydrogen (secondary N) is 2. The minimum atomic E-state index is -0.165. The van der Waals surface area contributed by atoms with Crippen LogP contribution in [-0.4, -0.2) is 45.8 Å². The van der Waals surface area contributed by atoms with Gasteiger partial charge in [0.15, 0.2) is 0 Å². The van der Waals surface area contributed by atoms with Gasteiger partial charge in [-0.1, -0.05) is 0 Å². The van der Waals surface area contributed by atoms with Gasteiger partial charge in [-0.2, -0.15) is 5.10 Å². The molecular weight excluding hydrogens is 270 g/mol. The van der Waals surface area contributed by atoms with Crippen molar-refractivity contribution in [2.75, 3.05) is 25.0 Å². The highest BCUT2D eigenvalue weighted by molar-refractivity contribution is 5.89. The van der Waals surface area contributed by atoms with Gasteiger partial charge >= 0.3 is 6.03 Å². The maximum absolute atomic E-state index is 12.3. The number of H-pyrrole nitrogens is 1. The Bertz CT molecular complexity index is 614. The minimum absolute atomic E-state index is 0.140. The molecule has 1 atom stereocenters. The summed E-state index contributed by atoms with van der Waals surface area (Å²) in [5, 5.41) is 9.68. The summed E-state index contributed by atoms with van der Waals surface area (Å²) in [7, 11) is 0. The van der Waals surface area contributed by atoms with E-state index in [1.54, 1.807) is 23.4 Å². The first-order chi connectivity index (χ1) is 10.2. The van der Waals surface area contributed by atoms with Crippen molar-refractivity contribution in [3.63, 3.8) is 0 Å². The summed E-state index contributed by atoms with van der Waals surface area (Å²) in [5.74, 6) is 0. The number of ether oxygens (including phenoxy) is 1. The molecule has 0 aliphatic carbocycles. The van der Waals surface area contributed by atoms with Crippen LogP contribution in [0.1, 0.15) is 17.5 Å². The number of carbonyl (C=O) groups is 1. The van der Waals surface area contributed by atoms with Crippen LogP contribution >= 0.6 is 0 Å². The lowest BCUT2D eigenvalue weighted by molar-refractivity contribution is -0.0157. The van der Waals surface area contributed by atoms with Gasteiger partial charge in [0.05, 0.1) is 30.2 Å². The Morgan fingerprint density at radius 3 is 3.14 bits per heavy atom. The lowest BCUT2D eigenvalue weighted by atomic mass is 10.2. The van der Waals surface area contributed by atoms with Crippen molar-refractivity contribution in [3.8, 4) is 0 Å². The Morgan fingerprint density at radius 1 is 1.48 bits per heavy atom. The Balaban J connectivity index is 1.66. The van der Waals surface area contributed by atoms with Gasteiger partial charge in [-0.05, 0) is 25.1 Å². The highest BCUT2D eigenvalue weighted by atomic mass is 16.5. The van der Waals surface area contributed by atoms with E-state index in [1.807, 2.05) is 19.1 Å². The topological polar surface area (TPSA) is 83.1 Å². The third-order valence-corrected chi connectivity index (χ3v) is 3.47. The molecule has 1 fully saturated rings. The SMILES string of the molecule is Cc1ncccc1NC(=O)N1CCOC(c2ccn[nH]2)C1. The van der Waals surface area contributed by atoms with Crippen molar-refractivity contribution in [3.05, 3.63) is 42.0 Å². The summed E-state index contributed by atoms with van der Waals surface area (Å²) in [4.78, 5) is 18.2. The van der Waals surface area contributed by atoms with Crippen LogP contribution in [0.3, 0.4) is 0 Å². The number of pyridine rings is 1. The number of hydrogen-bond acceptors (Lipinski definition) is 4. The molecule has 1 aliphatic rings. The Labute approximate surface area is 122 Å². The zero-order valence-electron chi connectivity index (χ0n) is 11.7. The van der Waals surface area contributed by atoms with Crippen LogP contribution in [0.4, 0.5) is 10.5 Å². The zero-order valence-corrected chi connectivity index (χ0v) is 11.7. The fourth-order valence-electron chi connectivity index (χ4n) is 2.28. The number of morpholine rings is 1. The van der Waals surface area contributed by atoms with E-state index >= 15 is 0 Å². The quantitative estimate of drug-likeness (QED) is 0.881. The first kappa shape index (κ1) is 13.6. The van der Waals surface area contributed by atoms with E-state index < -0.39 is 0 Å². The minimum Gasteiger partial charge on any atom is -0.368 e. The molecule has 2 aromatic rings. The number of hydrogen-bond donors (Lipinski definition) is 2. The number of urea groups is 1. The zero-order chi connectivity index (χ0) is 14.7. The summed E-state index contributed by atoms with van der Waals surface area (Å²) >= 11 is 0. The number of amides is 2. The monoisotopic (exact) mass is 287 g/mol.